The summed E-state index contributed by atoms with van der Waals surface area (Å²) in [4.78, 5) is 0. The first-order chi connectivity index (χ1) is 9.21. The van der Waals surface area contributed by atoms with Crippen LogP contribution in [-0.4, -0.2) is 16.9 Å². The summed E-state index contributed by atoms with van der Waals surface area (Å²) in [5.74, 6) is 7.06. The first-order valence-electron chi connectivity index (χ1n) is 6.02. The fourth-order valence-electron chi connectivity index (χ4n) is 2.00. The normalized spacial score (nSPS) is 12.6. The molecule has 0 amide bonds. The minimum Gasteiger partial charge on any atom is -0.493 e. The molecule has 1 atom stereocenters. The first kappa shape index (κ1) is 14.1. The van der Waals surface area contributed by atoms with Gasteiger partial charge < -0.3 is 9.15 Å². The Labute approximate surface area is 120 Å². The summed E-state index contributed by atoms with van der Waals surface area (Å²) in [5.41, 5.74) is 3.61. The van der Waals surface area contributed by atoms with Gasteiger partial charge in [-0.15, -0.1) is 0 Å². The van der Waals surface area contributed by atoms with E-state index >= 15 is 0 Å². The number of methoxy groups -OCH3 is 1. The van der Waals surface area contributed by atoms with Crippen LogP contribution in [0.4, 0.5) is 0 Å². The Kier molecular flexibility index (Phi) is 4.62. The molecule has 2 rings (SSSR count). The minimum atomic E-state index is -0.310. The summed E-state index contributed by atoms with van der Waals surface area (Å²) in [6.45, 7) is 2.88. The molecule has 0 saturated heterocycles. The average Bonchev–Trinajstić information content (AvgIpc) is 2.99. The molecule has 0 aliphatic rings. The molecule has 0 spiro atoms. The van der Waals surface area contributed by atoms with Gasteiger partial charge in [0, 0.05) is 6.54 Å². The van der Waals surface area contributed by atoms with Crippen LogP contribution in [0.1, 0.15) is 30.8 Å². The Balaban J connectivity index is 2.44. The molecule has 0 bridgehead atoms. The summed E-state index contributed by atoms with van der Waals surface area (Å²) >= 11 is 3.29. The molecule has 104 valence electrons. The number of hydrogen-bond donors (Lipinski definition) is 2. The number of aryl methyl sites for hydroxylation is 1. The largest absolute Gasteiger partial charge is 0.493 e. The molecule has 7 heteroatoms. The van der Waals surface area contributed by atoms with Crippen LogP contribution >= 0.6 is 15.9 Å². The van der Waals surface area contributed by atoms with Gasteiger partial charge in [-0.1, -0.05) is 6.92 Å². The summed E-state index contributed by atoms with van der Waals surface area (Å²) in [7, 11) is 1.61. The molecule has 6 nitrogen and oxygen atoms in total. The van der Waals surface area contributed by atoms with Gasteiger partial charge in [-0.2, -0.15) is 5.10 Å². The Morgan fingerprint density at radius 2 is 2.37 bits per heavy atom. The third-order valence-electron chi connectivity index (χ3n) is 2.82. The molecule has 19 heavy (non-hydrogen) atoms. The summed E-state index contributed by atoms with van der Waals surface area (Å²) in [6.07, 6.45) is 2.66. The number of aromatic nitrogens is 2. The van der Waals surface area contributed by atoms with E-state index in [0.717, 1.165) is 18.7 Å². The molecule has 0 radical (unpaired) electrons. The SMILES string of the molecule is CCCn1ncc(OC)c1C(NN)c1ccc(Br)o1. The van der Waals surface area contributed by atoms with Crippen LogP contribution in [0.25, 0.3) is 0 Å². The highest BCUT2D eigenvalue weighted by Gasteiger charge is 2.25. The maximum atomic E-state index is 5.67. The van der Waals surface area contributed by atoms with Crippen LogP contribution < -0.4 is 16.0 Å². The highest BCUT2D eigenvalue weighted by Crippen LogP contribution is 2.31. The Morgan fingerprint density at radius 3 is 2.89 bits per heavy atom. The van der Waals surface area contributed by atoms with E-state index in [1.807, 2.05) is 16.8 Å². The van der Waals surface area contributed by atoms with Crippen LogP contribution in [0.5, 0.6) is 5.75 Å². The van der Waals surface area contributed by atoms with Gasteiger partial charge in [0.1, 0.15) is 17.5 Å². The molecule has 0 aromatic carbocycles. The van der Waals surface area contributed by atoms with Crippen molar-refractivity contribution < 1.29 is 9.15 Å². The van der Waals surface area contributed by atoms with E-state index in [1.54, 1.807) is 13.3 Å². The van der Waals surface area contributed by atoms with Crippen LogP contribution in [0.2, 0.25) is 0 Å². The van der Waals surface area contributed by atoms with E-state index in [1.165, 1.54) is 0 Å². The van der Waals surface area contributed by atoms with E-state index in [-0.39, 0.29) is 6.04 Å². The molecule has 2 aromatic rings. The van der Waals surface area contributed by atoms with Crippen molar-refractivity contribution in [2.45, 2.75) is 25.9 Å². The maximum absolute atomic E-state index is 5.67. The Hall–Kier alpha value is -1.31. The van der Waals surface area contributed by atoms with Crippen LogP contribution in [0.3, 0.4) is 0 Å². The lowest BCUT2D eigenvalue weighted by Gasteiger charge is -2.16. The predicted octanol–water partition coefficient (Wildman–Crippen LogP) is 2.21. The van der Waals surface area contributed by atoms with Gasteiger partial charge in [0.2, 0.25) is 0 Å². The van der Waals surface area contributed by atoms with Gasteiger partial charge in [0.05, 0.1) is 13.3 Å². The number of halogens is 1. The van der Waals surface area contributed by atoms with Crippen LogP contribution in [0, 0.1) is 0 Å². The summed E-state index contributed by atoms with van der Waals surface area (Å²) in [6, 6.07) is 3.37. The lowest BCUT2D eigenvalue weighted by Crippen LogP contribution is -2.30. The standard InChI is InChI=1S/C12H17BrN4O2/c1-3-6-17-12(9(18-2)7-15-17)11(16-14)8-4-5-10(13)19-8/h4-5,7,11,16H,3,6,14H2,1-2H3. The number of furan rings is 1. The van der Waals surface area contributed by atoms with E-state index < -0.39 is 0 Å². The van der Waals surface area contributed by atoms with Crippen molar-refractivity contribution in [1.82, 2.24) is 15.2 Å². The van der Waals surface area contributed by atoms with Gasteiger partial charge >= 0.3 is 0 Å². The number of ether oxygens (including phenoxy) is 1. The molecular weight excluding hydrogens is 312 g/mol. The average molecular weight is 329 g/mol. The molecule has 2 heterocycles. The number of nitrogens with one attached hydrogen (secondary N) is 1. The molecule has 0 saturated carbocycles. The maximum Gasteiger partial charge on any atom is 0.169 e. The van der Waals surface area contributed by atoms with Gasteiger partial charge in [-0.25, -0.2) is 5.43 Å². The Bertz CT molecular complexity index is 538. The molecule has 2 aromatic heterocycles. The predicted molar refractivity (Wildman–Crippen MR) is 74.6 cm³/mol. The van der Waals surface area contributed by atoms with Crippen molar-refractivity contribution in [3.63, 3.8) is 0 Å². The highest BCUT2D eigenvalue weighted by molar-refractivity contribution is 9.10. The molecule has 0 fully saturated rings. The van der Waals surface area contributed by atoms with Crippen molar-refractivity contribution >= 4 is 15.9 Å². The molecular formula is C12H17BrN4O2. The lowest BCUT2D eigenvalue weighted by atomic mass is 10.1. The topological polar surface area (TPSA) is 78.2 Å². The summed E-state index contributed by atoms with van der Waals surface area (Å²) < 4.78 is 13.5. The number of nitrogens with zero attached hydrogens (tertiary/aromatic N) is 2. The molecule has 0 aliphatic carbocycles. The zero-order valence-electron chi connectivity index (χ0n) is 10.9. The molecule has 1 unspecified atom stereocenters. The monoisotopic (exact) mass is 328 g/mol. The third kappa shape index (κ3) is 2.83. The summed E-state index contributed by atoms with van der Waals surface area (Å²) in [5, 5.41) is 4.32. The molecule has 0 aliphatic heterocycles. The quantitative estimate of drug-likeness (QED) is 0.628. The smallest absolute Gasteiger partial charge is 0.169 e. The minimum absolute atomic E-state index is 0.310. The fourth-order valence-corrected chi connectivity index (χ4v) is 2.31. The highest BCUT2D eigenvalue weighted by atomic mass is 79.9. The van der Waals surface area contributed by atoms with E-state index in [9.17, 15) is 0 Å². The van der Waals surface area contributed by atoms with Crippen LogP contribution in [0.15, 0.2) is 27.4 Å². The van der Waals surface area contributed by atoms with E-state index in [2.05, 4.69) is 33.4 Å². The van der Waals surface area contributed by atoms with Crippen molar-refractivity contribution in [2.24, 2.45) is 5.84 Å². The molecule has 3 N–H and O–H groups in total. The second kappa shape index (κ2) is 6.23. The second-order valence-electron chi connectivity index (χ2n) is 4.06. The van der Waals surface area contributed by atoms with Crippen molar-refractivity contribution in [1.29, 1.82) is 0 Å². The Morgan fingerprint density at radius 1 is 1.58 bits per heavy atom. The van der Waals surface area contributed by atoms with Crippen molar-refractivity contribution in [3.05, 3.63) is 34.5 Å². The van der Waals surface area contributed by atoms with Crippen LogP contribution in [-0.2, 0) is 6.54 Å². The number of nitrogens with two attached hydrogens (primary N) is 1. The zero-order chi connectivity index (χ0) is 13.8. The fraction of sp³-hybridized carbons (Fsp3) is 0.417. The first-order valence-corrected chi connectivity index (χ1v) is 6.81. The van der Waals surface area contributed by atoms with Gasteiger partial charge in [0.15, 0.2) is 10.4 Å². The van der Waals surface area contributed by atoms with Gasteiger partial charge in [-0.3, -0.25) is 10.5 Å². The van der Waals surface area contributed by atoms with Crippen molar-refractivity contribution in [3.8, 4) is 5.75 Å². The second-order valence-corrected chi connectivity index (χ2v) is 4.84. The van der Waals surface area contributed by atoms with Gasteiger partial charge in [0.25, 0.3) is 0 Å². The lowest BCUT2D eigenvalue weighted by molar-refractivity contribution is 0.379. The number of hydrazine groups is 1. The number of hydrogen-bond acceptors (Lipinski definition) is 5. The van der Waals surface area contributed by atoms with Gasteiger partial charge in [-0.05, 0) is 34.5 Å². The number of rotatable bonds is 6. The van der Waals surface area contributed by atoms with E-state index in [0.29, 0.717) is 16.2 Å². The zero-order valence-corrected chi connectivity index (χ0v) is 12.5. The van der Waals surface area contributed by atoms with Crippen molar-refractivity contribution in [2.75, 3.05) is 7.11 Å². The third-order valence-corrected chi connectivity index (χ3v) is 3.25. The van der Waals surface area contributed by atoms with E-state index in [4.69, 9.17) is 15.0 Å².